The molecule has 4 nitrogen and oxygen atoms in total. The maximum atomic E-state index is 9.68. The van der Waals surface area contributed by atoms with Gasteiger partial charge in [0.15, 0.2) is 0 Å². The van der Waals surface area contributed by atoms with Crippen molar-refractivity contribution in [3.8, 4) is 0 Å². The second-order valence-electron chi connectivity index (χ2n) is 4.19. The van der Waals surface area contributed by atoms with Gasteiger partial charge in [-0.15, -0.1) is 0 Å². The van der Waals surface area contributed by atoms with E-state index in [1.54, 1.807) is 0 Å². The summed E-state index contributed by atoms with van der Waals surface area (Å²) in [5.74, 6) is 0. The lowest BCUT2D eigenvalue weighted by Gasteiger charge is -2.12. The highest BCUT2D eigenvalue weighted by atomic mass is 35.5. The molecule has 0 saturated carbocycles. The average molecular weight is 288 g/mol. The smallest absolute Gasteiger partial charge is 0.0897 e. The molecule has 0 aliphatic carbocycles. The van der Waals surface area contributed by atoms with E-state index >= 15 is 0 Å². The van der Waals surface area contributed by atoms with E-state index in [9.17, 15) is 5.11 Å². The first kappa shape index (κ1) is 16.4. The summed E-state index contributed by atoms with van der Waals surface area (Å²) in [4.78, 5) is 0. The van der Waals surface area contributed by atoms with Crippen LogP contribution in [0.25, 0.3) is 0 Å². The molecule has 5 heteroatoms. The maximum Gasteiger partial charge on any atom is 0.0897 e. The lowest BCUT2D eigenvalue weighted by molar-refractivity contribution is 0.00643. The molecule has 1 aromatic carbocycles. The molecule has 0 aliphatic rings. The van der Waals surface area contributed by atoms with Crippen LogP contribution >= 0.6 is 11.6 Å². The Hall–Kier alpha value is -0.650. The van der Waals surface area contributed by atoms with Crippen LogP contribution in [0.4, 0.5) is 0 Å². The molecule has 2 N–H and O–H groups in total. The van der Waals surface area contributed by atoms with Crippen LogP contribution in [0.1, 0.15) is 12.5 Å². The summed E-state index contributed by atoms with van der Waals surface area (Å²) in [6.07, 6.45) is -0.513. The number of nitrogens with one attached hydrogen (secondary N) is 1. The number of aliphatic hydroxyl groups is 1. The van der Waals surface area contributed by atoms with Crippen molar-refractivity contribution >= 4 is 11.6 Å². The Morgan fingerprint density at radius 3 is 2.84 bits per heavy atom. The Balaban J connectivity index is 2.05. The summed E-state index contributed by atoms with van der Waals surface area (Å²) in [5, 5.41) is 13.6. The van der Waals surface area contributed by atoms with E-state index in [2.05, 4.69) is 5.32 Å². The van der Waals surface area contributed by atoms with Crippen molar-refractivity contribution in [2.45, 2.75) is 19.6 Å². The molecule has 0 aliphatic heterocycles. The Labute approximate surface area is 119 Å². The van der Waals surface area contributed by atoms with Crippen LogP contribution in [-0.2, 0) is 16.0 Å². The van der Waals surface area contributed by atoms with Gasteiger partial charge in [0.05, 0.1) is 25.9 Å². The van der Waals surface area contributed by atoms with Crippen molar-refractivity contribution in [2.75, 3.05) is 33.0 Å². The van der Waals surface area contributed by atoms with Crippen LogP contribution in [0.5, 0.6) is 0 Å². The zero-order chi connectivity index (χ0) is 13.9. The molecule has 0 amide bonds. The molecular weight excluding hydrogens is 266 g/mol. The quantitative estimate of drug-likeness (QED) is 0.645. The van der Waals surface area contributed by atoms with Gasteiger partial charge in [-0.1, -0.05) is 23.7 Å². The lowest BCUT2D eigenvalue weighted by Crippen LogP contribution is -2.30. The van der Waals surface area contributed by atoms with Crippen molar-refractivity contribution in [2.24, 2.45) is 0 Å². The molecule has 108 valence electrons. The molecule has 1 aromatic rings. The van der Waals surface area contributed by atoms with Crippen molar-refractivity contribution in [1.82, 2.24) is 5.32 Å². The van der Waals surface area contributed by atoms with Gasteiger partial charge in [0, 0.05) is 24.7 Å². The summed E-state index contributed by atoms with van der Waals surface area (Å²) < 4.78 is 10.4. The summed E-state index contributed by atoms with van der Waals surface area (Å²) in [5.41, 5.74) is 1.09. The average Bonchev–Trinajstić information content (AvgIpc) is 2.38. The van der Waals surface area contributed by atoms with Gasteiger partial charge in [-0.3, -0.25) is 0 Å². The maximum absolute atomic E-state index is 9.68. The Morgan fingerprint density at radius 2 is 2.11 bits per heavy atom. The van der Waals surface area contributed by atoms with Gasteiger partial charge in [0.1, 0.15) is 0 Å². The number of aliphatic hydroxyl groups excluding tert-OH is 1. The third-order valence-electron chi connectivity index (χ3n) is 2.48. The molecule has 1 rings (SSSR count). The largest absolute Gasteiger partial charge is 0.389 e. The molecule has 1 atom stereocenters. The molecule has 0 heterocycles. The third-order valence-corrected chi connectivity index (χ3v) is 2.72. The van der Waals surface area contributed by atoms with Gasteiger partial charge < -0.3 is 19.9 Å². The minimum absolute atomic E-state index is 0.315. The van der Waals surface area contributed by atoms with Gasteiger partial charge in [0.2, 0.25) is 0 Å². The molecule has 0 aromatic heterocycles. The van der Waals surface area contributed by atoms with Crippen LogP contribution in [0.3, 0.4) is 0 Å². The third kappa shape index (κ3) is 8.18. The second kappa shape index (κ2) is 10.2. The first-order valence-electron chi connectivity index (χ1n) is 6.51. The molecule has 0 saturated heterocycles. The minimum Gasteiger partial charge on any atom is -0.389 e. The van der Waals surface area contributed by atoms with Crippen LogP contribution in [-0.4, -0.2) is 44.2 Å². The summed E-state index contributed by atoms with van der Waals surface area (Å²) in [6, 6.07) is 7.64. The van der Waals surface area contributed by atoms with Crippen LogP contribution in [0.2, 0.25) is 5.02 Å². The molecule has 0 fully saturated rings. The highest BCUT2D eigenvalue weighted by Crippen LogP contribution is 2.10. The van der Waals surface area contributed by atoms with Gasteiger partial charge in [0.25, 0.3) is 0 Å². The van der Waals surface area contributed by atoms with E-state index in [0.29, 0.717) is 39.5 Å². The van der Waals surface area contributed by atoms with Gasteiger partial charge in [-0.2, -0.15) is 0 Å². The van der Waals surface area contributed by atoms with E-state index in [4.69, 9.17) is 21.1 Å². The zero-order valence-electron chi connectivity index (χ0n) is 11.3. The van der Waals surface area contributed by atoms with Gasteiger partial charge in [-0.25, -0.2) is 0 Å². The molecule has 0 radical (unpaired) electrons. The fourth-order valence-electron chi connectivity index (χ4n) is 1.57. The van der Waals surface area contributed by atoms with Crippen molar-refractivity contribution < 1.29 is 14.6 Å². The van der Waals surface area contributed by atoms with Crippen molar-refractivity contribution in [3.63, 3.8) is 0 Å². The van der Waals surface area contributed by atoms with E-state index in [1.165, 1.54) is 0 Å². The number of ether oxygens (including phenoxy) is 2. The predicted octanol–water partition coefficient (Wildman–Crippen LogP) is 1.84. The monoisotopic (exact) mass is 287 g/mol. The van der Waals surface area contributed by atoms with E-state index < -0.39 is 6.10 Å². The number of rotatable bonds is 10. The summed E-state index contributed by atoms with van der Waals surface area (Å²) in [6.45, 7) is 5.19. The highest BCUT2D eigenvalue weighted by Gasteiger charge is 2.03. The molecule has 19 heavy (non-hydrogen) atoms. The molecular formula is C14H22ClNO3. The normalized spacial score (nSPS) is 12.6. The first-order chi connectivity index (χ1) is 9.22. The predicted molar refractivity (Wildman–Crippen MR) is 76.5 cm³/mol. The first-order valence-corrected chi connectivity index (χ1v) is 6.89. The SMILES string of the molecule is CCOCCOC[C@H](O)CNCc1cccc(Cl)c1. The summed E-state index contributed by atoms with van der Waals surface area (Å²) in [7, 11) is 0. The number of hydrogen-bond acceptors (Lipinski definition) is 4. The van der Waals surface area contributed by atoms with Gasteiger partial charge in [-0.05, 0) is 24.6 Å². The fourth-order valence-corrected chi connectivity index (χ4v) is 1.78. The van der Waals surface area contributed by atoms with Crippen LogP contribution in [0, 0.1) is 0 Å². The Morgan fingerprint density at radius 1 is 1.32 bits per heavy atom. The van der Waals surface area contributed by atoms with E-state index in [1.807, 2.05) is 31.2 Å². The number of halogens is 1. The van der Waals surface area contributed by atoms with Crippen LogP contribution < -0.4 is 5.32 Å². The summed E-state index contributed by atoms with van der Waals surface area (Å²) >= 11 is 5.89. The number of benzene rings is 1. The standard InChI is InChI=1S/C14H22ClNO3/c1-2-18-6-7-19-11-14(17)10-16-9-12-4-3-5-13(15)8-12/h3-5,8,14,16-17H,2,6-7,9-11H2,1H3/t14-/m1/s1. The number of hydrogen-bond donors (Lipinski definition) is 2. The Kier molecular flexibility index (Phi) is 8.79. The van der Waals surface area contributed by atoms with E-state index in [0.717, 1.165) is 10.6 Å². The van der Waals surface area contributed by atoms with Crippen molar-refractivity contribution in [3.05, 3.63) is 34.9 Å². The van der Waals surface area contributed by atoms with Gasteiger partial charge >= 0.3 is 0 Å². The minimum atomic E-state index is -0.513. The fraction of sp³-hybridized carbons (Fsp3) is 0.571. The van der Waals surface area contributed by atoms with Crippen LogP contribution in [0.15, 0.2) is 24.3 Å². The van der Waals surface area contributed by atoms with E-state index in [-0.39, 0.29) is 0 Å². The zero-order valence-corrected chi connectivity index (χ0v) is 12.0. The molecule has 0 bridgehead atoms. The second-order valence-corrected chi connectivity index (χ2v) is 4.62. The highest BCUT2D eigenvalue weighted by molar-refractivity contribution is 6.30. The molecule has 0 unspecified atom stereocenters. The Bertz CT molecular complexity index is 349. The molecule has 0 spiro atoms. The lowest BCUT2D eigenvalue weighted by atomic mass is 10.2. The topological polar surface area (TPSA) is 50.7 Å². The van der Waals surface area contributed by atoms with Crippen molar-refractivity contribution in [1.29, 1.82) is 0 Å².